The maximum atomic E-state index is 11.0. The molecule has 1 aromatic heterocycles. The van der Waals surface area contributed by atoms with E-state index in [0.29, 0.717) is 5.58 Å². The zero-order valence-corrected chi connectivity index (χ0v) is 8.03. The molecule has 0 aliphatic carbocycles. The lowest BCUT2D eigenvalue weighted by atomic mass is 10.1. The fourth-order valence-corrected chi connectivity index (χ4v) is 1.44. The first-order chi connectivity index (χ1) is 6.70. The van der Waals surface area contributed by atoms with Crippen LogP contribution in [0.5, 0.6) is 5.75 Å². The number of hydrogen-bond donors (Lipinski definition) is 0. The largest absolute Gasteiger partial charge is 0.497 e. The lowest BCUT2D eigenvalue weighted by molar-refractivity contribution is 0.414. The highest BCUT2D eigenvalue weighted by Crippen LogP contribution is 2.23. The molecule has 1 aromatic carbocycles. The summed E-state index contributed by atoms with van der Waals surface area (Å²) in [5, 5.41) is 0.876. The number of fused-ring (bicyclic) bond motifs is 1. The molecule has 0 saturated carbocycles. The molecule has 0 aliphatic heterocycles. The lowest BCUT2D eigenvalue weighted by Gasteiger charge is -2.03. The molecule has 1 heterocycles. The first-order valence-electron chi connectivity index (χ1n) is 4.29. The maximum Gasteiger partial charge on any atom is 0.336 e. The Morgan fingerprint density at radius 3 is 2.79 bits per heavy atom. The van der Waals surface area contributed by atoms with Crippen LogP contribution in [0, 0.1) is 6.92 Å². The van der Waals surface area contributed by atoms with Crippen LogP contribution in [0.25, 0.3) is 11.0 Å². The van der Waals surface area contributed by atoms with E-state index in [1.54, 1.807) is 13.2 Å². The molecule has 0 bridgehead atoms. The standard InChI is InChI=1S/C11H10O3/c1-7-5-9(13-2)6-8-3-4-10(12)14-11(7)8/h3-6H,1-2H3. The fourth-order valence-electron chi connectivity index (χ4n) is 1.44. The van der Waals surface area contributed by atoms with Gasteiger partial charge in [0.2, 0.25) is 0 Å². The van der Waals surface area contributed by atoms with E-state index in [9.17, 15) is 4.79 Å². The smallest absolute Gasteiger partial charge is 0.336 e. The number of rotatable bonds is 1. The van der Waals surface area contributed by atoms with E-state index >= 15 is 0 Å². The molecule has 3 heteroatoms. The summed E-state index contributed by atoms with van der Waals surface area (Å²) in [6.45, 7) is 1.88. The van der Waals surface area contributed by atoms with Crippen LogP contribution in [-0.2, 0) is 0 Å². The zero-order valence-electron chi connectivity index (χ0n) is 8.03. The highest BCUT2D eigenvalue weighted by Gasteiger charge is 2.03. The summed E-state index contributed by atoms with van der Waals surface area (Å²) in [6.07, 6.45) is 0. The Balaban J connectivity index is 2.83. The molecule has 0 N–H and O–H groups in total. The zero-order chi connectivity index (χ0) is 10.1. The molecule has 0 spiro atoms. The number of hydrogen-bond acceptors (Lipinski definition) is 3. The highest BCUT2D eigenvalue weighted by atomic mass is 16.5. The Labute approximate surface area is 80.9 Å². The van der Waals surface area contributed by atoms with Gasteiger partial charge in [-0.05, 0) is 30.7 Å². The molecule has 0 fully saturated rings. The van der Waals surface area contributed by atoms with Gasteiger partial charge in [0, 0.05) is 11.5 Å². The van der Waals surface area contributed by atoms with Crippen molar-refractivity contribution < 1.29 is 9.15 Å². The molecular formula is C11H10O3. The minimum absolute atomic E-state index is 0.328. The molecule has 0 amide bonds. The molecule has 0 radical (unpaired) electrons. The summed E-state index contributed by atoms with van der Waals surface area (Å²) < 4.78 is 10.2. The van der Waals surface area contributed by atoms with Gasteiger partial charge in [-0.2, -0.15) is 0 Å². The average Bonchev–Trinajstić information content (AvgIpc) is 2.19. The second-order valence-electron chi connectivity index (χ2n) is 3.12. The van der Waals surface area contributed by atoms with Gasteiger partial charge in [0.05, 0.1) is 7.11 Å². The van der Waals surface area contributed by atoms with E-state index in [2.05, 4.69) is 0 Å². The Hall–Kier alpha value is -1.77. The molecule has 0 atom stereocenters. The molecule has 72 valence electrons. The topological polar surface area (TPSA) is 39.4 Å². The van der Waals surface area contributed by atoms with Crippen molar-refractivity contribution in [2.75, 3.05) is 7.11 Å². The van der Waals surface area contributed by atoms with E-state index in [-0.39, 0.29) is 5.63 Å². The van der Waals surface area contributed by atoms with Gasteiger partial charge in [0.15, 0.2) is 0 Å². The maximum absolute atomic E-state index is 11.0. The minimum Gasteiger partial charge on any atom is -0.497 e. The van der Waals surface area contributed by atoms with Crippen molar-refractivity contribution >= 4 is 11.0 Å². The molecule has 0 aliphatic rings. The van der Waals surface area contributed by atoms with Gasteiger partial charge >= 0.3 is 5.63 Å². The van der Waals surface area contributed by atoms with Crippen molar-refractivity contribution in [3.05, 3.63) is 40.2 Å². The molecule has 3 nitrogen and oxygen atoms in total. The highest BCUT2D eigenvalue weighted by molar-refractivity contribution is 5.81. The van der Waals surface area contributed by atoms with Crippen molar-refractivity contribution in [1.82, 2.24) is 0 Å². The average molecular weight is 190 g/mol. The van der Waals surface area contributed by atoms with Gasteiger partial charge in [-0.25, -0.2) is 4.79 Å². The van der Waals surface area contributed by atoms with Crippen molar-refractivity contribution in [3.63, 3.8) is 0 Å². The normalized spacial score (nSPS) is 10.4. The molecule has 2 aromatic rings. The predicted molar refractivity (Wildman–Crippen MR) is 53.8 cm³/mol. The van der Waals surface area contributed by atoms with Crippen LogP contribution in [0.1, 0.15) is 5.56 Å². The molecule has 0 unspecified atom stereocenters. The molecular weight excluding hydrogens is 180 g/mol. The van der Waals surface area contributed by atoms with Crippen LogP contribution in [0.4, 0.5) is 0 Å². The lowest BCUT2D eigenvalue weighted by Crippen LogP contribution is -1.96. The number of methoxy groups -OCH3 is 1. The van der Waals surface area contributed by atoms with Crippen molar-refractivity contribution in [3.8, 4) is 5.75 Å². The molecule has 0 saturated heterocycles. The van der Waals surface area contributed by atoms with Gasteiger partial charge < -0.3 is 9.15 Å². The Kier molecular flexibility index (Phi) is 2.00. The molecule has 2 rings (SSSR count). The monoisotopic (exact) mass is 190 g/mol. The van der Waals surface area contributed by atoms with Crippen LogP contribution >= 0.6 is 0 Å². The second-order valence-corrected chi connectivity index (χ2v) is 3.12. The van der Waals surface area contributed by atoms with E-state index < -0.39 is 0 Å². The van der Waals surface area contributed by atoms with Gasteiger partial charge in [-0.3, -0.25) is 0 Å². The van der Waals surface area contributed by atoms with Gasteiger partial charge in [-0.1, -0.05) is 0 Å². The summed E-state index contributed by atoms with van der Waals surface area (Å²) in [5.74, 6) is 0.767. The summed E-state index contributed by atoms with van der Waals surface area (Å²) in [4.78, 5) is 11.0. The third-order valence-electron chi connectivity index (χ3n) is 2.11. The van der Waals surface area contributed by atoms with Crippen LogP contribution in [-0.4, -0.2) is 7.11 Å². The molecule has 14 heavy (non-hydrogen) atoms. The fraction of sp³-hybridized carbons (Fsp3) is 0.182. The Morgan fingerprint density at radius 1 is 1.29 bits per heavy atom. The summed E-state index contributed by atoms with van der Waals surface area (Å²) in [6, 6.07) is 6.81. The Morgan fingerprint density at radius 2 is 2.07 bits per heavy atom. The predicted octanol–water partition coefficient (Wildman–Crippen LogP) is 2.11. The van der Waals surface area contributed by atoms with Gasteiger partial charge in [-0.15, -0.1) is 0 Å². The van der Waals surface area contributed by atoms with Crippen LogP contribution < -0.4 is 10.4 Å². The first-order valence-corrected chi connectivity index (χ1v) is 4.29. The van der Waals surface area contributed by atoms with E-state index in [0.717, 1.165) is 16.7 Å². The number of aryl methyl sites for hydroxylation is 1. The van der Waals surface area contributed by atoms with E-state index in [1.165, 1.54) is 6.07 Å². The van der Waals surface area contributed by atoms with Gasteiger partial charge in [0.1, 0.15) is 11.3 Å². The quantitative estimate of drug-likeness (QED) is 0.646. The van der Waals surface area contributed by atoms with Crippen molar-refractivity contribution in [2.45, 2.75) is 6.92 Å². The van der Waals surface area contributed by atoms with Crippen LogP contribution in [0.15, 0.2) is 33.5 Å². The summed E-state index contributed by atoms with van der Waals surface area (Å²) in [5.41, 5.74) is 1.20. The van der Waals surface area contributed by atoms with E-state index in [4.69, 9.17) is 9.15 Å². The summed E-state index contributed by atoms with van der Waals surface area (Å²) in [7, 11) is 1.61. The number of benzene rings is 1. The summed E-state index contributed by atoms with van der Waals surface area (Å²) >= 11 is 0. The second kappa shape index (κ2) is 3.18. The van der Waals surface area contributed by atoms with Crippen molar-refractivity contribution in [1.29, 1.82) is 0 Å². The van der Waals surface area contributed by atoms with Crippen LogP contribution in [0.2, 0.25) is 0 Å². The van der Waals surface area contributed by atoms with E-state index in [1.807, 2.05) is 19.1 Å². The third kappa shape index (κ3) is 1.37. The van der Waals surface area contributed by atoms with Gasteiger partial charge in [0.25, 0.3) is 0 Å². The minimum atomic E-state index is -0.328. The number of ether oxygens (including phenoxy) is 1. The van der Waals surface area contributed by atoms with Crippen molar-refractivity contribution in [2.24, 2.45) is 0 Å². The van der Waals surface area contributed by atoms with Crippen LogP contribution in [0.3, 0.4) is 0 Å². The first kappa shape index (κ1) is 8.81. The third-order valence-corrected chi connectivity index (χ3v) is 2.11. The Bertz CT molecular complexity index is 526. The SMILES string of the molecule is COc1cc(C)c2oc(=O)ccc2c1.